The molecule has 8 nitrogen and oxygen atoms in total. The molecule has 0 unspecified atom stereocenters. The number of hydrogen-bond acceptors (Lipinski definition) is 6. The summed E-state index contributed by atoms with van der Waals surface area (Å²) in [6.45, 7) is -0.125. The molecular formula is C6H8N6O2. The first-order chi connectivity index (χ1) is 6.78. The second kappa shape index (κ2) is 7.43. The van der Waals surface area contributed by atoms with E-state index in [2.05, 4.69) is 10.6 Å². The van der Waals surface area contributed by atoms with E-state index in [1.807, 2.05) is 0 Å². The molecule has 0 bridgehead atoms. The van der Waals surface area contributed by atoms with E-state index in [0.29, 0.717) is 0 Å². The second-order valence-electron chi connectivity index (χ2n) is 2.26. The normalized spacial score (nSPS) is 8.14. The second-order valence-corrected chi connectivity index (χ2v) is 2.26. The van der Waals surface area contributed by atoms with Crippen molar-refractivity contribution < 1.29 is 0 Å². The van der Waals surface area contributed by atoms with Gasteiger partial charge in [0.25, 0.3) is 0 Å². The highest BCUT2D eigenvalue weighted by Gasteiger charge is 2.06. The highest BCUT2D eigenvalue weighted by atomic mass is 16.3. The van der Waals surface area contributed by atoms with E-state index in [-0.39, 0.29) is 26.2 Å². The lowest BCUT2D eigenvalue weighted by molar-refractivity contribution is 0.238. The number of hydrogen-bond donors (Lipinski definition) is 0. The minimum atomic E-state index is -0.150. The van der Waals surface area contributed by atoms with Crippen LogP contribution in [0.25, 0.3) is 0 Å². The summed E-state index contributed by atoms with van der Waals surface area (Å²) in [5.41, 5.74) is 0. The molecule has 0 aliphatic carbocycles. The van der Waals surface area contributed by atoms with Gasteiger partial charge in [-0.2, -0.15) is 10.5 Å². The SMILES string of the molecule is N#CCN(CCN(CC#N)N=O)N=O. The highest BCUT2D eigenvalue weighted by molar-refractivity contribution is 4.77. The average Bonchev–Trinajstić information content (AvgIpc) is 2.22. The van der Waals surface area contributed by atoms with Crippen LogP contribution in [0.2, 0.25) is 0 Å². The Hall–Kier alpha value is -2.22. The van der Waals surface area contributed by atoms with Crippen molar-refractivity contribution in [2.45, 2.75) is 0 Å². The van der Waals surface area contributed by atoms with Crippen molar-refractivity contribution in [1.29, 1.82) is 10.5 Å². The van der Waals surface area contributed by atoms with Crippen molar-refractivity contribution in [2.24, 2.45) is 10.6 Å². The van der Waals surface area contributed by atoms with E-state index < -0.39 is 0 Å². The zero-order chi connectivity index (χ0) is 10.8. The monoisotopic (exact) mass is 196 g/mol. The van der Waals surface area contributed by atoms with E-state index in [4.69, 9.17) is 10.5 Å². The number of nitroso groups, excluding NO2 is 2. The predicted molar refractivity (Wildman–Crippen MR) is 46.0 cm³/mol. The number of nitriles is 2. The van der Waals surface area contributed by atoms with Gasteiger partial charge in [0.05, 0.1) is 35.8 Å². The van der Waals surface area contributed by atoms with Crippen LogP contribution in [0.1, 0.15) is 0 Å². The van der Waals surface area contributed by atoms with Crippen LogP contribution in [0.3, 0.4) is 0 Å². The van der Waals surface area contributed by atoms with Crippen molar-refractivity contribution in [3.63, 3.8) is 0 Å². The molecule has 0 amide bonds. The molecule has 0 radical (unpaired) electrons. The minimum Gasteiger partial charge on any atom is -0.245 e. The molecule has 0 rings (SSSR count). The lowest BCUT2D eigenvalue weighted by atomic mass is 10.5. The third-order valence-electron chi connectivity index (χ3n) is 1.35. The van der Waals surface area contributed by atoms with E-state index in [0.717, 1.165) is 10.0 Å². The molecule has 8 heteroatoms. The average molecular weight is 196 g/mol. The summed E-state index contributed by atoms with van der Waals surface area (Å²) >= 11 is 0. The van der Waals surface area contributed by atoms with E-state index in [9.17, 15) is 9.81 Å². The Labute approximate surface area is 80.2 Å². The molecule has 0 saturated heterocycles. The minimum absolute atomic E-state index is 0.0878. The van der Waals surface area contributed by atoms with Gasteiger partial charge in [0, 0.05) is 0 Å². The molecule has 0 aromatic rings. The summed E-state index contributed by atoms with van der Waals surface area (Å²) in [5, 5.41) is 23.5. The third kappa shape index (κ3) is 4.62. The molecule has 14 heavy (non-hydrogen) atoms. The first kappa shape index (κ1) is 11.8. The quantitative estimate of drug-likeness (QED) is 0.321. The maximum absolute atomic E-state index is 10.1. The third-order valence-corrected chi connectivity index (χ3v) is 1.35. The predicted octanol–water partition coefficient (Wildman–Crippen LogP) is 0.000360. The fourth-order valence-electron chi connectivity index (χ4n) is 0.692. The Kier molecular flexibility index (Phi) is 6.25. The van der Waals surface area contributed by atoms with Crippen LogP contribution in [0.4, 0.5) is 0 Å². The van der Waals surface area contributed by atoms with Crippen LogP contribution < -0.4 is 0 Å². The van der Waals surface area contributed by atoms with Gasteiger partial charge in [-0.3, -0.25) is 0 Å². The smallest absolute Gasteiger partial charge is 0.126 e. The van der Waals surface area contributed by atoms with Gasteiger partial charge in [-0.05, 0) is 0 Å². The molecule has 0 N–H and O–H groups in total. The van der Waals surface area contributed by atoms with Crippen molar-refractivity contribution in [3.8, 4) is 12.1 Å². The zero-order valence-electron chi connectivity index (χ0n) is 7.33. The molecule has 0 saturated carbocycles. The molecule has 0 aliphatic rings. The maximum atomic E-state index is 10.1. The van der Waals surface area contributed by atoms with E-state index in [1.165, 1.54) is 0 Å². The van der Waals surface area contributed by atoms with Crippen LogP contribution in [0, 0.1) is 32.5 Å². The fraction of sp³-hybridized carbons (Fsp3) is 0.667. The standard InChI is InChI=1S/C6H8N6O2/c7-1-3-11(9-13)5-6-12(10-14)4-2-8/h3-6H2. The van der Waals surface area contributed by atoms with Gasteiger partial charge in [0.15, 0.2) is 0 Å². The molecular weight excluding hydrogens is 188 g/mol. The first-order valence-electron chi connectivity index (χ1n) is 3.68. The molecule has 0 fully saturated rings. The maximum Gasteiger partial charge on any atom is 0.126 e. The first-order valence-corrected chi connectivity index (χ1v) is 3.68. The summed E-state index contributed by atoms with van der Waals surface area (Å²) in [4.78, 5) is 20.2. The number of nitrogens with zero attached hydrogens (tertiary/aromatic N) is 6. The van der Waals surface area contributed by atoms with Crippen LogP contribution in [0.5, 0.6) is 0 Å². The van der Waals surface area contributed by atoms with Crippen molar-refractivity contribution in [1.82, 2.24) is 10.0 Å². The van der Waals surface area contributed by atoms with Crippen molar-refractivity contribution >= 4 is 0 Å². The fourth-order valence-corrected chi connectivity index (χ4v) is 0.692. The van der Waals surface area contributed by atoms with Crippen molar-refractivity contribution in [2.75, 3.05) is 26.2 Å². The highest BCUT2D eigenvalue weighted by Crippen LogP contribution is 1.92. The molecule has 0 aliphatic heterocycles. The lowest BCUT2D eigenvalue weighted by Crippen LogP contribution is -2.29. The topological polar surface area (TPSA) is 113 Å². The van der Waals surface area contributed by atoms with Gasteiger partial charge < -0.3 is 0 Å². The number of rotatable bonds is 7. The summed E-state index contributed by atoms with van der Waals surface area (Å²) in [5.74, 6) is 0. The van der Waals surface area contributed by atoms with Crippen LogP contribution in [-0.2, 0) is 0 Å². The van der Waals surface area contributed by atoms with Crippen LogP contribution in [0.15, 0.2) is 10.6 Å². The van der Waals surface area contributed by atoms with Gasteiger partial charge >= 0.3 is 0 Å². The lowest BCUT2D eigenvalue weighted by Gasteiger charge is -2.14. The van der Waals surface area contributed by atoms with Crippen molar-refractivity contribution in [3.05, 3.63) is 9.81 Å². The van der Waals surface area contributed by atoms with Gasteiger partial charge in [0.2, 0.25) is 0 Å². The Morgan fingerprint density at radius 1 is 0.929 bits per heavy atom. The molecule has 74 valence electrons. The largest absolute Gasteiger partial charge is 0.245 e. The summed E-state index contributed by atoms with van der Waals surface area (Å²) in [7, 11) is 0. The molecule has 0 heterocycles. The molecule has 0 atom stereocenters. The van der Waals surface area contributed by atoms with Gasteiger partial charge in [-0.25, -0.2) is 10.0 Å². The van der Waals surface area contributed by atoms with Gasteiger partial charge in [0.1, 0.15) is 13.1 Å². The summed E-state index contributed by atoms with van der Waals surface area (Å²) in [6.07, 6.45) is 0. The Bertz CT molecular complexity index is 238. The zero-order valence-corrected chi connectivity index (χ0v) is 7.33. The Balaban J connectivity index is 3.88. The van der Waals surface area contributed by atoms with Gasteiger partial charge in [-0.1, -0.05) is 0 Å². The Morgan fingerprint density at radius 3 is 1.50 bits per heavy atom. The molecule has 0 aromatic carbocycles. The van der Waals surface area contributed by atoms with Crippen LogP contribution in [-0.4, -0.2) is 36.2 Å². The van der Waals surface area contributed by atoms with E-state index in [1.54, 1.807) is 12.1 Å². The molecule has 0 spiro atoms. The summed E-state index contributed by atoms with van der Waals surface area (Å²) in [6, 6.07) is 3.46. The van der Waals surface area contributed by atoms with Crippen LogP contribution >= 0.6 is 0 Å². The summed E-state index contributed by atoms with van der Waals surface area (Å²) < 4.78 is 0. The van der Waals surface area contributed by atoms with E-state index >= 15 is 0 Å². The Morgan fingerprint density at radius 2 is 1.29 bits per heavy atom. The van der Waals surface area contributed by atoms with Gasteiger partial charge in [-0.15, -0.1) is 9.81 Å². The molecule has 0 aromatic heterocycles.